The number of carbonyl (C=O) groups is 1. The predicted octanol–water partition coefficient (Wildman–Crippen LogP) is 2.15. The monoisotopic (exact) mass is 466 g/mol. The summed E-state index contributed by atoms with van der Waals surface area (Å²) in [5.41, 5.74) is -2.74. The zero-order valence-corrected chi connectivity index (χ0v) is 16.6. The van der Waals surface area contributed by atoms with Crippen molar-refractivity contribution >= 4 is 21.7 Å². The van der Waals surface area contributed by atoms with E-state index in [4.69, 9.17) is 9.47 Å². The number of hydrogen-bond acceptors (Lipinski definition) is 7. The van der Waals surface area contributed by atoms with Crippen LogP contribution in [0.25, 0.3) is 0 Å². The number of ether oxygens (including phenoxy) is 5. The fraction of sp³-hybridized carbons (Fsp3) is 0.235. The fourth-order valence-corrected chi connectivity index (χ4v) is 2.35. The van der Waals surface area contributed by atoms with Crippen molar-refractivity contribution in [1.82, 2.24) is 0 Å². The molecule has 0 saturated carbocycles. The van der Waals surface area contributed by atoms with Crippen LogP contribution in [0.1, 0.15) is 10.4 Å². The molecule has 0 saturated heterocycles. The average Bonchev–Trinajstić information content (AvgIpc) is 2.60. The molecule has 0 spiro atoms. The van der Waals surface area contributed by atoms with E-state index in [0.29, 0.717) is 12.1 Å². The van der Waals surface area contributed by atoms with Crippen LogP contribution in [-0.4, -0.2) is 52.4 Å². The van der Waals surface area contributed by atoms with E-state index in [2.05, 4.69) is 14.2 Å². The lowest BCUT2D eigenvalue weighted by Crippen LogP contribution is -2.36. The Morgan fingerprint density at radius 1 is 1.00 bits per heavy atom. The number of aliphatic hydroxyl groups is 1. The molecule has 0 aliphatic carbocycles. The van der Waals surface area contributed by atoms with Gasteiger partial charge in [-0.1, -0.05) is 0 Å². The van der Waals surface area contributed by atoms with Gasteiger partial charge in [-0.2, -0.15) is 8.78 Å². The molecular weight excluding hydrogens is 452 g/mol. The summed E-state index contributed by atoms with van der Waals surface area (Å²) in [6, 6.07) is 3.61. The van der Waals surface area contributed by atoms with Crippen LogP contribution in [0.5, 0.6) is 28.7 Å². The van der Waals surface area contributed by atoms with Crippen molar-refractivity contribution in [3.63, 3.8) is 0 Å². The van der Waals surface area contributed by atoms with E-state index >= 15 is 0 Å². The molecular formula is C17H14B2F6O7. The van der Waals surface area contributed by atoms with Crippen LogP contribution in [0.15, 0.2) is 30.3 Å². The Morgan fingerprint density at radius 3 is 2.16 bits per heavy atom. The maximum Gasteiger partial charge on any atom is 0.573 e. The summed E-state index contributed by atoms with van der Waals surface area (Å²) in [5.74, 6) is -5.69. The van der Waals surface area contributed by atoms with Gasteiger partial charge in [0.1, 0.15) is 34.2 Å². The lowest BCUT2D eigenvalue weighted by atomic mass is 9.76. The van der Waals surface area contributed by atoms with Crippen LogP contribution in [-0.2, 0) is 4.74 Å². The van der Waals surface area contributed by atoms with Gasteiger partial charge < -0.3 is 28.8 Å². The number of esters is 1. The second kappa shape index (κ2) is 9.51. The van der Waals surface area contributed by atoms with E-state index in [1.807, 2.05) is 0 Å². The number of halogens is 6. The third kappa shape index (κ3) is 7.18. The second-order valence-corrected chi connectivity index (χ2v) is 6.46. The zero-order valence-electron chi connectivity index (χ0n) is 16.6. The zero-order chi connectivity index (χ0) is 24.3. The summed E-state index contributed by atoms with van der Waals surface area (Å²) in [6.07, 6.45) is -5.05. The molecule has 15 heteroatoms. The van der Waals surface area contributed by atoms with Crippen LogP contribution in [0.2, 0.25) is 0 Å². The number of rotatable bonds is 8. The quantitative estimate of drug-likeness (QED) is 0.277. The molecule has 0 radical (unpaired) electrons. The first kappa shape index (κ1) is 25.0. The summed E-state index contributed by atoms with van der Waals surface area (Å²) in [6.45, 7) is -3.33. The highest BCUT2D eigenvalue weighted by atomic mass is 19.4. The SMILES string of the molecule is BC(B)(O)Oc1cc(OC(F)(F)F)ccc1Oc1cc(OC(F)F)cc(F)c1C(=O)OC. The number of alkyl halides is 5. The van der Waals surface area contributed by atoms with E-state index < -0.39 is 64.7 Å². The number of carbonyl (C=O) groups excluding carboxylic acids is 1. The standard InChI is InChI=1S/C17H14B2F6O7/c1-28-14(26)13-9(20)4-8(29-15(21)22)6-12(13)30-10-3-2-7(31-17(23,24)25)5-11(10)32-16(18,19)27/h2-6,15,27H,18-19H2,1H3. The topological polar surface area (TPSA) is 83.5 Å². The predicted molar refractivity (Wildman–Crippen MR) is 100 cm³/mol. The van der Waals surface area contributed by atoms with Gasteiger partial charge in [0.05, 0.1) is 7.11 Å². The van der Waals surface area contributed by atoms with E-state index in [-0.39, 0.29) is 0 Å². The summed E-state index contributed by atoms with van der Waals surface area (Å²) in [5, 5.41) is 9.88. The Hall–Kier alpha value is -3.22. The third-order valence-corrected chi connectivity index (χ3v) is 3.37. The first-order valence-corrected chi connectivity index (χ1v) is 8.54. The van der Waals surface area contributed by atoms with Crippen molar-refractivity contribution in [2.45, 2.75) is 18.6 Å². The van der Waals surface area contributed by atoms with Gasteiger partial charge in [-0.05, 0) is 12.1 Å². The van der Waals surface area contributed by atoms with E-state index in [9.17, 15) is 36.2 Å². The largest absolute Gasteiger partial charge is 0.573 e. The van der Waals surface area contributed by atoms with E-state index in [1.54, 1.807) is 0 Å². The molecule has 0 unspecified atom stereocenters. The molecule has 32 heavy (non-hydrogen) atoms. The van der Waals surface area contributed by atoms with Crippen molar-refractivity contribution in [3.05, 3.63) is 41.7 Å². The number of methoxy groups -OCH3 is 1. The summed E-state index contributed by atoms with van der Waals surface area (Å²) >= 11 is 0. The van der Waals surface area contributed by atoms with Gasteiger partial charge in [-0.25, -0.2) is 9.18 Å². The van der Waals surface area contributed by atoms with Gasteiger partial charge in [0.15, 0.2) is 27.2 Å². The first-order valence-electron chi connectivity index (χ1n) is 8.54. The molecule has 0 aromatic heterocycles. The molecule has 0 fully saturated rings. The Morgan fingerprint density at radius 2 is 1.62 bits per heavy atom. The minimum absolute atomic E-state index is 0.430. The van der Waals surface area contributed by atoms with Crippen molar-refractivity contribution in [2.75, 3.05) is 7.11 Å². The Labute approximate surface area is 178 Å². The highest BCUT2D eigenvalue weighted by Gasteiger charge is 2.32. The molecule has 172 valence electrons. The minimum atomic E-state index is -5.05. The maximum absolute atomic E-state index is 14.4. The van der Waals surface area contributed by atoms with Crippen LogP contribution in [0.3, 0.4) is 0 Å². The molecule has 0 bridgehead atoms. The number of hydrogen-bond donors (Lipinski definition) is 1. The number of benzene rings is 2. The van der Waals surface area contributed by atoms with Gasteiger partial charge in [-0.15, -0.1) is 13.2 Å². The first-order chi connectivity index (χ1) is 14.7. The van der Waals surface area contributed by atoms with Crippen LogP contribution < -0.4 is 18.9 Å². The van der Waals surface area contributed by atoms with Gasteiger partial charge in [0.2, 0.25) is 0 Å². The van der Waals surface area contributed by atoms with E-state index in [1.165, 1.54) is 0 Å². The minimum Gasteiger partial charge on any atom is -0.476 e. The van der Waals surface area contributed by atoms with Gasteiger partial charge in [-0.3, -0.25) is 0 Å². The highest BCUT2D eigenvalue weighted by Crippen LogP contribution is 2.40. The summed E-state index contributed by atoms with van der Waals surface area (Å²) < 4.78 is 99.8. The second-order valence-electron chi connectivity index (χ2n) is 6.46. The molecule has 0 aliphatic rings. The normalized spacial score (nSPS) is 11.8. The summed E-state index contributed by atoms with van der Waals surface area (Å²) in [7, 11) is 3.21. The van der Waals surface area contributed by atoms with Gasteiger partial charge >= 0.3 is 18.9 Å². The Balaban J connectivity index is 2.57. The molecule has 0 atom stereocenters. The maximum atomic E-state index is 14.4. The summed E-state index contributed by atoms with van der Waals surface area (Å²) in [4.78, 5) is 12.0. The molecule has 0 heterocycles. The highest BCUT2D eigenvalue weighted by molar-refractivity contribution is 6.37. The molecule has 2 aromatic carbocycles. The van der Waals surface area contributed by atoms with Crippen LogP contribution >= 0.6 is 0 Å². The van der Waals surface area contributed by atoms with Crippen LogP contribution in [0, 0.1) is 5.82 Å². The molecule has 7 nitrogen and oxygen atoms in total. The molecule has 2 rings (SSSR count). The van der Waals surface area contributed by atoms with Crippen LogP contribution in [0.4, 0.5) is 26.3 Å². The fourth-order valence-electron chi connectivity index (χ4n) is 2.35. The average molecular weight is 466 g/mol. The van der Waals surface area contributed by atoms with Crippen molar-refractivity contribution < 1.29 is 59.9 Å². The Bertz CT molecular complexity index is 979. The smallest absolute Gasteiger partial charge is 0.476 e. The molecule has 1 N–H and O–H groups in total. The Kier molecular flexibility index (Phi) is 7.44. The third-order valence-electron chi connectivity index (χ3n) is 3.37. The van der Waals surface area contributed by atoms with Crippen molar-refractivity contribution in [2.24, 2.45) is 0 Å². The lowest BCUT2D eigenvalue weighted by molar-refractivity contribution is -0.274. The van der Waals surface area contributed by atoms with Gasteiger partial charge in [0.25, 0.3) is 0 Å². The van der Waals surface area contributed by atoms with Crippen molar-refractivity contribution in [1.29, 1.82) is 0 Å². The molecule has 0 amide bonds. The molecule has 2 aromatic rings. The lowest BCUT2D eigenvalue weighted by Gasteiger charge is -2.23. The van der Waals surface area contributed by atoms with Crippen molar-refractivity contribution in [3.8, 4) is 28.7 Å². The molecule has 0 aliphatic heterocycles. The van der Waals surface area contributed by atoms with Gasteiger partial charge in [0, 0.05) is 18.2 Å². The van der Waals surface area contributed by atoms with E-state index in [0.717, 1.165) is 41.0 Å².